The Hall–Kier alpha value is -2.61. The number of carbonyl (C=O) groups excluding carboxylic acids is 1. The molecule has 2 unspecified atom stereocenters. The van der Waals surface area contributed by atoms with E-state index in [0.29, 0.717) is 35.8 Å². The summed E-state index contributed by atoms with van der Waals surface area (Å²) >= 11 is 0. The first kappa shape index (κ1) is 27.9. The van der Waals surface area contributed by atoms with Crippen LogP contribution in [0.5, 0.6) is 0 Å². The zero-order valence-electron chi connectivity index (χ0n) is 22.5. The van der Waals surface area contributed by atoms with Gasteiger partial charge in [-0.2, -0.15) is 13.2 Å². The number of rotatable bonds is 6. The summed E-state index contributed by atoms with van der Waals surface area (Å²) < 4.78 is 40.7. The van der Waals surface area contributed by atoms with E-state index < -0.39 is 36.1 Å². The molecule has 5 nitrogen and oxygen atoms in total. The van der Waals surface area contributed by atoms with Crippen LogP contribution in [0.2, 0.25) is 0 Å². The lowest BCUT2D eigenvalue weighted by Gasteiger charge is -2.57. The Balaban J connectivity index is 1.35. The molecule has 1 aromatic rings. The molecule has 39 heavy (non-hydrogen) atoms. The predicted octanol–water partition coefficient (Wildman–Crippen LogP) is 5.84. The predicted molar refractivity (Wildman–Crippen MR) is 140 cm³/mol. The lowest BCUT2D eigenvalue weighted by atomic mass is 9.48. The zero-order valence-corrected chi connectivity index (χ0v) is 22.5. The van der Waals surface area contributed by atoms with Gasteiger partial charge in [0.05, 0.1) is 6.04 Å². The van der Waals surface area contributed by atoms with Gasteiger partial charge in [0, 0.05) is 11.5 Å². The number of carbonyl (C=O) groups is 2. The zero-order chi connectivity index (χ0) is 28.2. The van der Waals surface area contributed by atoms with Crippen molar-refractivity contribution < 1.29 is 33.0 Å². The third-order valence-corrected chi connectivity index (χ3v) is 10.7. The number of alkyl halides is 3. The summed E-state index contributed by atoms with van der Waals surface area (Å²) in [5.74, 6) is -0.649. The number of carboxylic acids is 1. The second kappa shape index (κ2) is 10.1. The maximum absolute atomic E-state index is 13.6. The lowest BCUT2D eigenvalue weighted by molar-refractivity contribution is -0.212. The molecule has 2 saturated carbocycles. The number of allylic oxidation sites excluding steroid dienone is 3. The summed E-state index contributed by atoms with van der Waals surface area (Å²) in [6.07, 6.45) is 1.79. The van der Waals surface area contributed by atoms with Crippen molar-refractivity contribution in [2.45, 2.75) is 83.5 Å². The molecule has 0 radical (unpaired) electrons. The second-order valence-corrected chi connectivity index (χ2v) is 12.6. The number of aliphatic hydroxyl groups excluding tert-OH is 1. The number of hydrogen-bond donors (Lipinski definition) is 3. The Labute approximate surface area is 227 Å². The van der Waals surface area contributed by atoms with E-state index >= 15 is 0 Å². The fourth-order valence-corrected chi connectivity index (χ4v) is 8.55. The van der Waals surface area contributed by atoms with Crippen LogP contribution in [0.25, 0.3) is 0 Å². The van der Waals surface area contributed by atoms with Crippen molar-refractivity contribution in [1.29, 1.82) is 0 Å². The third kappa shape index (κ3) is 4.94. The van der Waals surface area contributed by atoms with Crippen LogP contribution in [0.1, 0.15) is 64.4 Å². The molecule has 0 saturated heterocycles. The fraction of sp³-hybridized carbons (Fsp3) is 0.613. The van der Waals surface area contributed by atoms with Gasteiger partial charge in [-0.3, -0.25) is 4.79 Å². The summed E-state index contributed by atoms with van der Waals surface area (Å²) in [4.78, 5) is 25.2. The van der Waals surface area contributed by atoms with Gasteiger partial charge in [-0.15, -0.1) is 0 Å². The number of halogens is 3. The number of nitrogens with one attached hydrogen (secondary N) is 1. The highest BCUT2D eigenvalue weighted by atomic mass is 19.4. The summed E-state index contributed by atoms with van der Waals surface area (Å²) in [6, 6.07) is 7.15. The molecule has 1 aromatic carbocycles. The van der Waals surface area contributed by atoms with Gasteiger partial charge in [0.1, 0.15) is 0 Å². The number of benzene rings is 1. The van der Waals surface area contributed by atoms with Crippen LogP contribution in [0.15, 0.2) is 53.6 Å². The van der Waals surface area contributed by atoms with Gasteiger partial charge in [-0.1, -0.05) is 50.3 Å². The first-order chi connectivity index (χ1) is 18.3. The molecule has 0 aromatic heterocycles. The maximum atomic E-state index is 13.6. The minimum Gasteiger partial charge on any atom is -0.478 e. The Bertz CT molecular complexity index is 1180. The molecule has 5 rings (SSSR count). The van der Waals surface area contributed by atoms with Crippen LogP contribution in [0.4, 0.5) is 13.2 Å². The number of aliphatic carboxylic acids is 1. The van der Waals surface area contributed by atoms with Gasteiger partial charge in [0.2, 0.25) is 5.91 Å². The number of aliphatic hydroxyl groups is 1. The smallest absolute Gasteiger partial charge is 0.416 e. The van der Waals surface area contributed by atoms with Crippen LogP contribution in [-0.4, -0.2) is 40.4 Å². The number of carboxylic acid groups (broad SMARTS) is 1. The number of fused-ring (bicyclic) bond motifs is 5. The van der Waals surface area contributed by atoms with Crippen LogP contribution < -0.4 is 5.32 Å². The van der Waals surface area contributed by atoms with Crippen LogP contribution in [0, 0.1) is 34.5 Å². The number of hydrogen-bond acceptors (Lipinski definition) is 3. The Kier molecular flexibility index (Phi) is 7.23. The van der Waals surface area contributed by atoms with E-state index in [2.05, 4.69) is 25.2 Å². The largest absolute Gasteiger partial charge is 0.478 e. The summed E-state index contributed by atoms with van der Waals surface area (Å²) in [7, 11) is 0. The molecule has 8 heteroatoms. The summed E-state index contributed by atoms with van der Waals surface area (Å²) in [6.45, 7) is 4.38. The van der Waals surface area contributed by atoms with E-state index in [1.165, 1.54) is 0 Å². The summed E-state index contributed by atoms with van der Waals surface area (Å²) in [5.41, 5.74) is 1.77. The van der Waals surface area contributed by atoms with Crippen molar-refractivity contribution in [3.63, 3.8) is 0 Å². The first-order valence-corrected chi connectivity index (χ1v) is 14.1. The van der Waals surface area contributed by atoms with E-state index in [-0.39, 0.29) is 23.2 Å². The molecule has 1 amide bonds. The van der Waals surface area contributed by atoms with Gasteiger partial charge in [0.25, 0.3) is 0 Å². The van der Waals surface area contributed by atoms with E-state index in [4.69, 9.17) is 0 Å². The fourth-order valence-electron chi connectivity index (χ4n) is 8.55. The van der Waals surface area contributed by atoms with Gasteiger partial charge < -0.3 is 15.5 Å². The quantitative estimate of drug-likeness (QED) is 0.419. The third-order valence-electron chi connectivity index (χ3n) is 10.7. The van der Waals surface area contributed by atoms with Gasteiger partial charge in [-0.25, -0.2) is 4.79 Å². The molecule has 3 N–H and O–H groups in total. The molecule has 0 aliphatic heterocycles. The van der Waals surface area contributed by atoms with E-state index in [1.54, 1.807) is 30.3 Å². The summed E-state index contributed by atoms with van der Waals surface area (Å²) in [5, 5.41) is 22.3. The topological polar surface area (TPSA) is 86.6 Å². The average Bonchev–Trinajstić information content (AvgIpc) is 3.24. The molecule has 0 heterocycles. The van der Waals surface area contributed by atoms with E-state index in [1.807, 2.05) is 6.08 Å². The minimum atomic E-state index is -4.84. The Morgan fingerprint density at radius 1 is 1.08 bits per heavy atom. The van der Waals surface area contributed by atoms with Crippen molar-refractivity contribution in [2.24, 2.45) is 34.5 Å². The average molecular weight is 546 g/mol. The molecule has 0 bridgehead atoms. The minimum absolute atomic E-state index is 0.0961. The molecule has 4 aliphatic rings. The highest BCUT2D eigenvalue weighted by Gasteiger charge is 2.60. The Morgan fingerprint density at radius 3 is 2.46 bits per heavy atom. The molecule has 0 spiro atoms. The van der Waals surface area contributed by atoms with E-state index in [0.717, 1.165) is 37.7 Å². The number of amides is 1. The van der Waals surface area contributed by atoms with E-state index in [9.17, 15) is 33.0 Å². The van der Waals surface area contributed by atoms with Crippen molar-refractivity contribution in [3.8, 4) is 0 Å². The highest BCUT2D eigenvalue weighted by molar-refractivity contribution is 5.87. The lowest BCUT2D eigenvalue weighted by Crippen LogP contribution is -2.55. The van der Waals surface area contributed by atoms with Crippen LogP contribution in [0.3, 0.4) is 0 Å². The van der Waals surface area contributed by atoms with Crippen molar-refractivity contribution >= 4 is 11.9 Å². The van der Waals surface area contributed by atoms with Crippen LogP contribution >= 0.6 is 0 Å². The first-order valence-electron chi connectivity index (χ1n) is 14.1. The molecule has 2 fully saturated rings. The van der Waals surface area contributed by atoms with Crippen molar-refractivity contribution in [1.82, 2.24) is 5.32 Å². The van der Waals surface area contributed by atoms with Gasteiger partial charge in [-0.05, 0) is 97.2 Å². The van der Waals surface area contributed by atoms with Crippen LogP contribution in [-0.2, 0) is 16.0 Å². The monoisotopic (exact) mass is 545 g/mol. The molecule has 8 atom stereocenters. The van der Waals surface area contributed by atoms with Crippen molar-refractivity contribution in [3.05, 3.63) is 59.2 Å². The molecular formula is C31H38F3NO4. The second-order valence-electron chi connectivity index (χ2n) is 12.6. The van der Waals surface area contributed by atoms with Crippen molar-refractivity contribution in [2.75, 3.05) is 0 Å². The maximum Gasteiger partial charge on any atom is 0.416 e. The molecular weight excluding hydrogens is 507 g/mol. The SMILES string of the molecule is C[C@]12CC[C@H]3[C@@H](CC=C4C=C(C(=O)O)CC[C@@]43C)[C@@H]1CC[C@@H]2C(=O)NC(Cc1ccccc1)C(O)C(F)(F)F. The normalized spacial score (nSPS) is 35.4. The Morgan fingerprint density at radius 2 is 1.79 bits per heavy atom. The van der Waals surface area contributed by atoms with Gasteiger partial charge >= 0.3 is 12.1 Å². The molecule has 4 aliphatic carbocycles. The molecule has 212 valence electrons. The standard InChI is InChI=1S/C31H38F3NO4/c1-29-14-12-19(28(38)39)17-20(29)8-9-21-22-10-11-24(30(22,2)15-13-23(21)29)27(37)35-25(26(36)31(32,33)34)16-18-6-4-3-5-7-18/h3-8,17,21-26,36H,9-16H2,1-2H3,(H,35,37)(H,38,39)/t21-,22-,23-,24+,25?,26?,29-,30-/m0/s1. The van der Waals surface area contributed by atoms with Gasteiger partial charge in [0.15, 0.2) is 6.10 Å². The highest BCUT2D eigenvalue weighted by Crippen LogP contribution is 2.66.